The highest BCUT2D eigenvalue weighted by molar-refractivity contribution is 5.90. The fourth-order valence-electron chi connectivity index (χ4n) is 5.44. The summed E-state index contributed by atoms with van der Waals surface area (Å²) in [5.74, 6) is -0.311. The van der Waals surface area contributed by atoms with Gasteiger partial charge < -0.3 is 20.6 Å². The predicted molar refractivity (Wildman–Crippen MR) is 139 cm³/mol. The van der Waals surface area contributed by atoms with Crippen LogP contribution in [0.4, 0.5) is 5.82 Å². The lowest BCUT2D eigenvalue weighted by Crippen LogP contribution is -2.44. The number of aromatic nitrogens is 2. The van der Waals surface area contributed by atoms with Crippen LogP contribution in [-0.2, 0) is 27.3 Å². The van der Waals surface area contributed by atoms with Crippen LogP contribution in [0.25, 0.3) is 0 Å². The molecule has 2 amide bonds. The molecule has 0 radical (unpaired) electrons. The van der Waals surface area contributed by atoms with Crippen LogP contribution in [0, 0.1) is 5.92 Å². The molecule has 0 aromatic carbocycles. The molecule has 0 spiro atoms. The van der Waals surface area contributed by atoms with Gasteiger partial charge in [0.1, 0.15) is 5.82 Å². The maximum absolute atomic E-state index is 13.3. The molecule has 3 aliphatic heterocycles. The molecule has 3 aliphatic rings. The number of hydrogen-bond acceptors (Lipinski definition) is 7. The van der Waals surface area contributed by atoms with E-state index in [2.05, 4.69) is 26.6 Å². The highest BCUT2D eigenvalue weighted by Crippen LogP contribution is 2.33. The lowest BCUT2D eigenvalue weighted by Gasteiger charge is -2.25. The smallest absolute Gasteiger partial charge is 0.305 e. The summed E-state index contributed by atoms with van der Waals surface area (Å²) in [7, 11) is 0. The Balaban J connectivity index is 0.00000156. The summed E-state index contributed by atoms with van der Waals surface area (Å²) in [5.41, 5.74) is 2.79. The van der Waals surface area contributed by atoms with Crippen LogP contribution < -0.4 is 10.6 Å². The number of anilines is 1. The minimum absolute atomic E-state index is 0.0464. The molecular weight excluding hydrogens is 472 g/mol. The van der Waals surface area contributed by atoms with Crippen molar-refractivity contribution < 1.29 is 19.5 Å². The predicted octanol–water partition coefficient (Wildman–Crippen LogP) is 2.23. The number of carbonyl (C=O) groups is 3. The van der Waals surface area contributed by atoms with E-state index < -0.39 is 12.0 Å². The first-order valence-electron chi connectivity index (χ1n) is 13.1. The molecule has 10 nitrogen and oxygen atoms in total. The molecule has 3 N–H and O–H groups in total. The topological polar surface area (TPSA) is 128 Å². The fourth-order valence-corrected chi connectivity index (χ4v) is 5.44. The number of aliphatic carboxylic acids is 1. The van der Waals surface area contributed by atoms with E-state index in [1.807, 2.05) is 19.9 Å². The number of aryl methyl sites for hydroxylation is 1. The number of amides is 2. The molecule has 2 aromatic heterocycles. The Bertz CT molecular complexity index is 1110. The molecule has 2 aromatic rings. The number of carboxylic acids is 1. The quantitative estimate of drug-likeness (QED) is 0.495. The van der Waals surface area contributed by atoms with Crippen LogP contribution in [0.3, 0.4) is 0 Å². The monoisotopic (exact) mass is 508 g/mol. The van der Waals surface area contributed by atoms with E-state index in [4.69, 9.17) is 4.98 Å². The zero-order valence-corrected chi connectivity index (χ0v) is 21.5. The highest BCUT2D eigenvalue weighted by Gasteiger charge is 2.48. The standard InChI is InChI=1S/C25H30N6O4.C2H6/c32-21(29-20(11-22(33)34)17-4-1-8-26-12-17)15-31-13-18-7-10-30(23(18)25(31)35)14-19-6-5-16-3-2-9-27-24(16)28-19;1-2/h1,4-6,8,12,18,20,23H,2-3,7,9-11,13-15H2,(H,27,28)(H,29,32)(H,33,34);1-2H3/t18?,20-,23?;/m0./s1. The number of rotatable bonds is 8. The van der Waals surface area contributed by atoms with Gasteiger partial charge >= 0.3 is 5.97 Å². The summed E-state index contributed by atoms with van der Waals surface area (Å²) in [6.07, 6.45) is 5.92. The normalized spacial score (nSPS) is 21.2. The van der Waals surface area contributed by atoms with E-state index in [0.29, 0.717) is 18.7 Å². The largest absolute Gasteiger partial charge is 0.481 e. The van der Waals surface area contributed by atoms with Gasteiger partial charge in [0.15, 0.2) is 0 Å². The highest BCUT2D eigenvalue weighted by atomic mass is 16.4. The summed E-state index contributed by atoms with van der Waals surface area (Å²) >= 11 is 0. The molecule has 0 aliphatic carbocycles. The van der Waals surface area contributed by atoms with Crippen molar-refractivity contribution in [1.29, 1.82) is 0 Å². The molecule has 3 atom stereocenters. The van der Waals surface area contributed by atoms with E-state index >= 15 is 0 Å². The lowest BCUT2D eigenvalue weighted by atomic mass is 10.0. The van der Waals surface area contributed by atoms with Crippen LogP contribution >= 0.6 is 0 Å². The van der Waals surface area contributed by atoms with Gasteiger partial charge in [0.2, 0.25) is 11.8 Å². The molecule has 198 valence electrons. The number of nitrogens with zero attached hydrogens (tertiary/aromatic N) is 4. The number of carboxylic acid groups (broad SMARTS) is 1. The van der Waals surface area contributed by atoms with Gasteiger partial charge in [0.25, 0.3) is 0 Å². The molecule has 5 rings (SSSR count). The van der Waals surface area contributed by atoms with E-state index in [-0.39, 0.29) is 36.7 Å². The van der Waals surface area contributed by atoms with Crippen LogP contribution in [0.5, 0.6) is 0 Å². The third kappa shape index (κ3) is 6.25. The van der Waals surface area contributed by atoms with E-state index in [1.165, 1.54) is 5.56 Å². The Morgan fingerprint density at radius 3 is 2.86 bits per heavy atom. The Morgan fingerprint density at radius 2 is 2.11 bits per heavy atom. The lowest BCUT2D eigenvalue weighted by molar-refractivity contribution is -0.139. The van der Waals surface area contributed by atoms with Gasteiger partial charge in [-0.05, 0) is 49.1 Å². The second-order valence-corrected chi connectivity index (χ2v) is 9.53. The van der Waals surface area contributed by atoms with E-state index in [9.17, 15) is 19.5 Å². The van der Waals surface area contributed by atoms with Crippen molar-refractivity contribution in [3.63, 3.8) is 0 Å². The Labute approximate surface area is 217 Å². The van der Waals surface area contributed by atoms with Crippen molar-refractivity contribution in [2.45, 2.75) is 58.2 Å². The summed E-state index contributed by atoms with van der Waals surface area (Å²) in [6.45, 7) is 6.81. The molecule has 10 heteroatoms. The van der Waals surface area contributed by atoms with Gasteiger partial charge in [0.05, 0.1) is 30.7 Å². The summed E-state index contributed by atoms with van der Waals surface area (Å²) in [4.78, 5) is 49.9. The number of fused-ring (bicyclic) bond motifs is 2. The first-order valence-corrected chi connectivity index (χ1v) is 13.1. The minimum atomic E-state index is -1.02. The van der Waals surface area contributed by atoms with Crippen LogP contribution in [0.2, 0.25) is 0 Å². The summed E-state index contributed by atoms with van der Waals surface area (Å²) < 4.78 is 0. The average molecular weight is 509 g/mol. The number of pyridine rings is 2. The molecule has 2 unspecified atom stereocenters. The van der Waals surface area contributed by atoms with Crippen molar-refractivity contribution in [3.8, 4) is 0 Å². The average Bonchev–Trinajstić information content (AvgIpc) is 3.44. The van der Waals surface area contributed by atoms with Gasteiger partial charge in [-0.25, -0.2) is 4.98 Å². The first-order chi connectivity index (χ1) is 18.0. The summed E-state index contributed by atoms with van der Waals surface area (Å²) in [5, 5.41) is 15.4. The number of hydrogen-bond donors (Lipinski definition) is 3. The van der Waals surface area contributed by atoms with Gasteiger partial charge in [0, 0.05) is 37.9 Å². The molecule has 5 heterocycles. The fraction of sp³-hybridized carbons (Fsp3) is 0.519. The van der Waals surface area contributed by atoms with Gasteiger partial charge in [-0.2, -0.15) is 0 Å². The second-order valence-electron chi connectivity index (χ2n) is 9.53. The third-order valence-corrected chi connectivity index (χ3v) is 7.10. The SMILES string of the molecule is CC.O=C(O)C[C@H](NC(=O)CN1CC2CCN(Cc3ccc4c(n3)NCCC4)C2C1=O)c1cccnc1. The zero-order chi connectivity index (χ0) is 26.4. The Kier molecular flexibility index (Phi) is 8.70. The van der Waals surface area contributed by atoms with Crippen LogP contribution in [0.15, 0.2) is 36.7 Å². The van der Waals surface area contributed by atoms with Crippen LogP contribution in [0.1, 0.15) is 56.0 Å². The second kappa shape index (κ2) is 12.1. The molecule has 37 heavy (non-hydrogen) atoms. The van der Waals surface area contributed by atoms with Gasteiger partial charge in [-0.1, -0.05) is 26.0 Å². The molecular formula is C27H36N6O4. The van der Waals surface area contributed by atoms with E-state index in [0.717, 1.165) is 43.9 Å². The maximum Gasteiger partial charge on any atom is 0.305 e. The summed E-state index contributed by atoms with van der Waals surface area (Å²) in [6, 6.07) is 6.65. The van der Waals surface area contributed by atoms with Gasteiger partial charge in [-0.15, -0.1) is 0 Å². The number of nitrogens with one attached hydrogen (secondary N) is 2. The third-order valence-electron chi connectivity index (χ3n) is 7.10. The molecule has 0 bridgehead atoms. The molecule has 2 fully saturated rings. The first kappa shape index (κ1) is 26.5. The van der Waals surface area contributed by atoms with Crippen molar-refractivity contribution in [3.05, 3.63) is 53.5 Å². The zero-order valence-electron chi connectivity index (χ0n) is 21.5. The van der Waals surface area contributed by atoms with Crippen molar-refractivity contribution in [1.82, 2.24) is 25.1 Å². The number of carbonyl (C=O) groups excluding carboxylic acids is 2. The van der Waals surface area contributed by atoms with Crippen LogP contribution in [-0.4, -0.2) is 74.9 Å². The van der Waals surface area contributed by atoms with Crippen molar-refractivity contribution in [2.75, 3.05) is 31.5 Å². The van der Waals surface area contributed by atoms with Gasteiger partial charge in [-0.3, -0.25) is 24.3 Å². The minimum Gasteiger partial charge on any atom is -0.481 e. The van der Waals surface area contributed by atoms with Crippen molar-refractivity contribution in [2.24, 2.45) is 5.92 Å². The maximum atomic E-state index is 13.3. The molecule has 2 saturated heterocycles. The van der Waals surface area contributed by atoms with Crippen molar-refractivity contribution >= 4 is 23.6 Å². The Hall–Kier alpha value is -3.53. The Morgan fingerprint density at radius 1 is 1.27 bits per heavy atom. The molecule has 0 saturated carbocycles. The number of likely N-dealkylation sites (tertiary alicyclic amines) is 2. The van der Waals surface area contributed by atoms with E-state index in [1.54, 1.807) is 29.4 Å².